The number of carbonyl (C=O) groups is 1. The van der Waals surface area contributed by atoms with Crippen LogP contribution in [0.5, 0.6) is 5.75 Å². The molecule has 2 aromatic rings. The van der Waals surface area contributed by atoms with Crippen LogP contribution in [0.4, 0.5) is 0 Å². The normalized spacial score (nSPS) is 21.8. The van der Waals surface area contributed by atoms with Gasteiger partial charge in [0, 0.05) is 44.9 Å². The number of hydrogen-bond acceptors (Lipinski definition) is 6. The molecule has 0 unspecified atom stereocenters. The smallest absolute Gasteiger partial charge is 0.247 e. The third-order valence-electron chi connectivity index (χ3n) is 5.67. The van der Waals surface area contributed by atoms with Crippen LogP contribution in [0.15, 0.2) is 47.6 Å². The van der Waals surface area contributed by atoms with Gasteiger partial charge in [0.1, 0.15) is 16.7 Å². The van der Waals surface area contributed by atoms with Crippen LogP contribution in [-0.2, 0) is 14.8 Å². The van der Waals surface area contributed by atoms with Gasteiger partial charge in [0.25, 0.3) is 0 Å². The minimum atomic E-state index is -3.90. The molecule has 0 radical (unpaired) electrons. The summed E-state index contributed by atoms with van der Waals surface area (Å²) in [5.74, 6) is -0.0851. The minimum absolute atomic E-state index is 0.0491. The lowest BCUT2D eigenvalue weighted by Crippen LogP contribution is -2.50. The molecule has 1 aromatic heterocycles. The Bertz CT molecular complexity index is 1030. The zero-order valence-corrected chi connectivity index (χ0v) is 19.0. The second-order valence-electron chi connectivity index (χ2n) is 8.04. The predicted molar refractivity (Wildman–Crippen MR) is 117 cm³/mol. The molecule has 2 heterocycles. The number of likely N-dealkylation sites (N-methyl/N-ethyl adjacent to an activating group) is 1. The zero-order chi connectivity index (χ0) is 22.8. The summed E-state index contributed by atoms with van der Waals surface area (Å²) >= 11 is 0. The lowest BCUT2D eigenvalue weighted by atomic mass is 10.0. The maximum atomic E-state index is 13.5. The van der Waals surface area contributed by atoms with E-state index in [0.717, 1.165) is 11.1 Å². The SMILES string of the molecule is CC(=O)N(C)C[C@H]1Oc2cc(-c3ccncc3)ccc2S(=O)(=O)N([C@@H](C)CO)C[C@@H]1C. The quantitative estimate of drug-likeness (QED) is 0.753. The molecule has 0 saturated carbocycles. The van der Waals surface area contributed by atoms with Crippen molar-refractivity contribution in [2.75, 3.05) is 26.7 Å². The number of sulfonamides is 1. The van der Waals surface area contributed by atoms with Crippen LogP contribution in [0.25, 0.3) is 11.1 Å². The standard InChI is InChI=1S/C22H29N3O5S/c1-15-12-25(16(2)14-26)31(28,29)22-6-5-19(18-7-9-23-10-8-18)11-20(22)30-21(15)13-24(4)17(3)27/h5-11,15-16,21,26H,12-14H2,1-4H3/t15-,16-,21+/m0/s1. The molecule has 1 amide bonds. The molecular weight excluding hydrogens is 418 g/mol. The maximum absolute atomic E-state index is 13.5. The Morgan fingerprint density at radius 2 is 1.97 bits per heavy atom. The van der Waals surface area contributed by atoms with Crippen molar-refractivity contribution in [1.29, 1.82) is 0 Å². The van der Waals surface area contributed by atoms with Crippen molar-refractivity contribution in [1.82, 2.24) is 14.2 Å². The van der Waals surface area contributed by atoms with Crippen molar-refractivity contribution in [2.24, 2.45) is 5.92 Å². The highest BCUT2D eigenvalue weighted by atomic mass is 32.2. The van der Waals surface area contributed by atoms with E-state index in [2.05, 4.69) is 4.98 Å². The number of pyridine rings is 1. The maximum Gasteiger partial charge on any atom is 0.247 e. The Balaban J connectivity index is 2.13. The predicted octanol–water partition coefficient (Wildman–Crippen LogP) is 2.00. The molecule has 1 N–H and O–H groups in total. The Labute approximate surface area is 183 Å². The molecule has 0 aliphatic carbocycles. The summed E-state index contributed by atoms with van der Waals surface area (Å²) in [6.07, 6.45) is 2.91. The third kappa shape index (κ3) is 4.89. The van der Waals surface area contributed by atoms with Gasteiger partial charge < -0.3 is 14.7 Å². The largest absolute Gasteiger partial charge is 0.487 e. The summed E-state index contributed by atoms with van der Waals surface area (Å²) in [5.41, 5.74) is 1.68. The number of rotatable bonds is 5. The van der Waals surface area contributed by atoms with Gasteiger partial charge in [-0.05, 0) is 42.3 Å². The molecule has 9 heteroatoms. The van der Waals surface area contributed by atoms with Crippen molar-refractivity contribution in [3.8, 4) is 16.9 Å². The fourth-order valence-corrected chi connectivity index (χ4v) is 5.39. The van der Waals surface area contributed by atoms with Crippen LogP contribution >= 0.6 is 0 Å². The summed E-state index contributed by atoms with van der Waals surface area (Å²) in [6, 6.07) is 8.07. The average Bonchev–Trinajstić information content (AvgIpc) is 2.75. The first kappa shape index (κ1) is 23.2. The highest BCUT2D eigenvalue weighted by Gasteiger charge is 2.38. The van der Waals surface area contributed by atoms with Crippen LogP contribution in [0.1, 0.15) is 20.8 Å². The van der Waals surface area contributed by atoms with E-state index in [1.165, 1.54) is 11.2 Å². The van der Waals surface area contributed by atoms with E-state index in [1.807, 2.05) is 19.1 Å². The fraction of sp³-hybridized carbons (Fsp3) is 0.455. The van der Waals surface area contributed by atoms with Crippen molar-refractivity contribution < 1.29 is 23.1 Å². The number of nitrogens with zero attached hydrogens (tertiary/aromatic N) is 3. The van der Waals surface area contributed by atoms with E-state index < -0.39 is 22.2 Å². The Morgan fingerprint density at radius 1 is 1.29 bits per heavy atom. The second-order valence-corrected chi connectivity index (χ2v) is 9.90. The van der Waals surface area contributed by atoms with Crippen molar-refractivity contribution >= 4 is 15.9 Å². The molecule has 31 heavy (non-hydrogen) atoms. The zero-order valence-electron chi connectivity index (χ0n) is 18.2. The first-order valence-corrected chi connectivity index (χ1v) is 11.6. The van der Waals surface area contributed by atoms with E-state index in [4.69, 9.17) is 4.74 Å². The second kappa shape index (κ2) is 9.33. The number of hydrogen-bond donors (Lipinski definition) is 1. The number of aliphatic hydroxyl groups excluding tert-OH is 1. The van der Waals surface area contributed by atoms with E-state index in [0.29, 0.717) is 6.54 Å². The number of aromatic nitrogens is 1. The number of ether oxygens (including phenoxy) is 1. The first-order valence-electron chi connectivity index (χ1n) is 10.2. The molecule has 0 bridgehead atoms. The highest BCUT2D eigenvalue weighted by Crippen LogP contribution is 2.36. The van der Waals surface area contributed by atoms with Crippen LogP contribution < -0.4 is 4.74 Å². The van der Waals surface area contributed by atoms with Gasteiger partial charge in [-0.1, -0.05) is 13.0 Å². The van der Waals surface area contributed by atoms with Gasteiger partial charge in [0.2, 0.25) is 15.9 Å². The molecule has 0 spiro atoms. The number of fused-ring (bicyclic) bond motifs is 1. The first-order chi connectivity index (χ1) is 14.6. The summed E-state index contributed by atoms with van der Waals surface area (Å²) in [4.78, 5) is 17.4. The third-order valence-corrected chi connectivity index (χ3v) is 7.69. The van der Waals surface area contributed by atoms with Gasteiger partial charge in [-0.2, -0.15) is 4.31 Å². The molecule has 1 aliphatic heterocycles. The van der Waals surface area contributed by atoms with Gasteiger partial charge in [0.15, 0.2) is 0 Å². The van der Waals surface area contributed by atoms with Gasteiger partial charge >= 0.3 is 0 Å². The summed E-state index contributed by atoms with van der Waals surface area (Å²) in [7, 11) is -2.21. The monoisotopic (exact) mass is 447 g/mol. The number of benzene rings is 1. The lowest BCUT2D eigenvalue weighted by molar-refractivity contribution is -0.129. The highest BCUT2D eigenvalue weighted by molar-refractivity contribution is 7.89. The molecule has 1 aromatic carbocycles. The molecule has 0 fully saturated rings. The topological polar surface area (TPSA) is 100 Å². The Hall–Kier alpha value is -2.49. The fourth-order valence-electron chi connectivity index (χ4n) is 3.57. The van der Waals surface area contributed by atoms with Crippen molar-refractivity contribution in [2.45, 2.75) is 37.8 Å². The Kier molecular flexibility index (Phi) is 6.98. The van der Waals surface area contributed by atoms with Crippen LogP contribution in [-0.4, -0.2) is 72.5 Å². The van der Waals surface area contributed by atoms with Gasteiger partial charge in [-0.15, -0.1) is 0 Å². The van der Waals surface area contributed by atoms with Crippen LogP contribution in [0.2, 0.25) is 0 Å². The number of amides is 1. The number of carbonyl (C=O) groups excluding carboxylic acids is 1. The van der Waals surface area contributed by atoms with E-state index in [9.17, 15) is 18.3 Å². The van der Waals surface area contributed by atoms with Crippen molar-refractivity contribution in [3.63, 3.8) is 0 Å². The van der Waals surface area contributed by atoms with Gasteiger partial charge in [-0.25, -0.2) is 8.42 Å². The van der Waals surface area contributed by atoms with E-state index in [1.54, 1.807) is 49.5 Å². The number of aliphatic hydroxyl groups is 1. The van der Waals surface area contributed by atoms with E-state index in [-0.39, 0.29) is 35.6 Å². The summed E-state index contributed by atoms with van der Waals surface area (Å²) in [6.45, 7) is 5.24. The molecule has 8 nitrogen and oxygen atoms in total. The summed E-state index contributed by atoms with van der Waals surface area (Å²) in [5, 5.41) is 9.70. The lowest BCUT2D eigenvalue weighted by Gasteiger charge is -2.37. The van der Waals surface area contributed by atoms with Crippen LogP contribution in [0, 0.1) is 5.92 Å². The molecular formula is C22H29N3O5S. The summed E-state index contributed by atoms with van der Waals surface area (Å²) < 4.78 is 34.5. The molecule has 0 saturated heterocycles. The Morgan fingerprint density at radius 3 is 2.58 bits per heavy atom. The molecule has 168 valence electrons. The molecule has 3 atom stereocenters. The molecule has 1 aliphatic rings. The van der Waals surface area contributed by atoms with Gasteiger partial charge in [-0.3, -0.25) is 9.78 Å². The average molecular weight is 448 g/mol. The minimum Gasteiger partial charge on any atom is -0.487 e. The van der Waals surface area contributed by atoms with Crippen LogP contribution in [0.3, 0.4) is 0 Å². The van der Waals surface area contributed by atoms with Crippen molar-refractivity contribution in [3.05, 3.63) is 42.7 Å². The molecule has 3 rings (SSSR count). The van der Waals surface area contributed by atoms with Gasteiger partial charge in [0.05, 0.1) is 13.2 Å². The van der Waals surface area contributed by atoms with E-state index >= 15 is 0 Å².